The Balaban J connectivity index is 1.41. The van der Waals surface area contributed by atoms with E-state index in [0.29, 0.717) is 34.5 Å². The highest BCUT2D eigenvalue weighted by Gasteiger charge is 2.49. The third-order valence-electron chi connectivity index (χ3n) is 6.85. The smallest absolute Gasteiger partial charge is 0.378 e. The maximum absolute atomic E-state index is 13.1. The van der Waals surface area contributed by atoms with Crippen molar-refractivity contribution in [3.05, 3.63) is 91.3 Å². The molecule has 0 bridgehead atoms. The van der Waals surface area contributed by atoms with Gasteiger partial charge in [0.15, 0.2) is 6.10 Å². The Labute approximate surface area is 212 Å². The Kier molecular flexibility index (Phi) is 6.24. The van der Waals surface area contributed by atoms with Crippen molar-refractivity contribution in [2.24, 2.45) is 0 Å². The largest absolute Gasteiger partial charge is 0.416 e. The Morgan fingerprint density at radius 1 is 1.22 bits per heavy atom. The van der Waals surface area contributed by atoms with E-state index in [2.05, 4.69) is 25.9 Å². The van der Waals surface area contributed by atoms with Gasteiger partial charge in [0.05, 0.1) is 28.8 Å². The van der Waals surface area contributed by atoms with Crippen LogP contribution >= 0.6 is 15.9 Å². The monoisotopic (exact) mass is 562 g/mol. The number of aromatic nitrogens is 3. The zero-order chi connectivity index (χ0) is 25.7. The molecule has 0 radical (unpaired) electrons. The molecule has 1 aliphatic carbocycles. The highest BCUT2D eigenvalue weighted by molar-refractivity contribution is 9.10. The number of aliphatic hydroxyl groups is 1. The van der Waals surface area contributed by atoms with Crippen molar-refractivity contribution in [3.63, 3.8) is 0 Å². The summed E-state index contributed by atoms with van der Waals surface area (Å²) in [4.78, 5) is 39.3. The molecule has 36 heavy (non-hydrogen) atoms. The maximum atomic E-state index is 13.1. The fraction of sp³-hybridized carbons (Fsp3) is 0.360. The van der Waals surface area contributed by atoms with Crippen molar-refractivity contribution in [1.82, 2.24) is 19.9 Å². The number of carbonyl (C=O) groups excluding carboxylic acids is 1. The van der Waals surface area contributed by atoms with Crippen LogP contribution in [-0.4, -0.2) is 37.4 Å². The number of halogens is 4. The second-order valence-corrected chi connectivity index (χ2v) is 9.99. The first kappa shape index (κ1) is 24.6. The van der Waals surface area contributed by atoms with Gasteiger partial charge in [0.25, 0.3) is 11.5 Å². The van der Waals surface area contributed by atoms with E-state index in [0.717, 1.165) is 36.6 Å². The Bertz CT molecular complexity index is 1390. The molecule has 0 spiro atoms. The van der Waals surface area contributed by atoms with Crippen LogP contribution in [0.3, 0.4) is 0 Å². The Morgan fingerprint density at radius 3 is 2.69 bits per heavy atom. The quantitative estimate of drug-likeness (QED) is 0.468. The third kappa shape index (κ3) is 4.57. The van der Waals surface area contributed by atoms with Crippen LogP contribution in [-0.2, 0) is 29.4 Å². The number of amides is 1. The van der Waals surface area contributed by atoms with Crippen LogP contribution in [0.25, 0.3) is 0 Å². The van der Waals surface area contributed by atoms with Gasteiger partial charge in [-0.05, 0) is 77.0 Å². The molecule has 1 fully saturated rings. The number of nitrogens with zero attached hydrogens (tertiary/aromatic N) is 3. The predicted octanol–water partition coefficient (Wildman–Crippen LogP) is 4.03. The molecule has 188 valence electrons. The highest BCUT2D eigenvalue weighted by atomic mass is 79.9. The third-order valence-corrected chi connectivity index (χ3v) is 7.28. The summed E-state index contributed by atoms with van der Waals surface area (Å²) < 4.78 is 39.9. The number of hydrogen-bond acceptors (Lipinski definition) is 5. The van der Waals surface area contributed by atoms with Crippen LogP contribution in [0.4, 0.5) is 13.2 Å². The normalized spacial score (nSPS) is 17.8. The first-order valence-corrected chi connectivity index (χ1v) is 12.3. The molecule has 1 atom stereocenters. The SMILES string of the molecule is O=C([C@H](O)c1cccc(C(F)(F)F)c1)N1CCCc2nc(C3(c4ccnc(Br)c4)CC3)[nH]c(=O)c2C1. The van der Waals surface area contributed by atoms with Crippen molar-refractivity contribution < 1.29 is 23.1 Å². The molecule has 1 aliphatic heterocycles. The second-order valence-electron chi connectivity index (χ2n) is 9.18. The number of hydrogen-bond donors (Lipinski definition) is 2. The highest BCUT2D eigenvalue weighted by Crippen LogP contribution is 2.52. The van der Waals surface area contributed by atoms with Crippen LogP contribution in [0.2, 0.25) is 0 Å². The number of aryl methyl sites for hydroxylation is 1. The molecule has 2 N–H and O–H groups in total. The molecule has 0 unspecified atom stereocenters. The molecule has 1 saturated carbocycles. The summed E-state index contributed by atoms with van der Waals surface area (Å²) in [6.07, 6.45) is -2.05. The van der Waals surface area contributed by atoms with Crippen molar-refractivity contribution in [3.8, 4) is 0 Å². The minimum atomic E-state index is -4.59. The first-order valence-electron chi connectivity index (χ1n) is 11.5. The average molecular weight is 563 g/mol. The van der Waals surface area contributed by atoms with Gasteiger partial charge in [-0.3, -0.25) is 9.59 Å². The standard InChI is InChI=1S/C25H22BrF3N4O3/c26-19-12-15(6-9-30-19)24(7-8-24)23-31-18-5-2-10-33(13-17(18)21(35)32-23)22(36)20(34)14-3-1-4-16(11-14)25(27,28)29/h1,3-4,6,9,11-12,20,34H,2,5,7-8,10,13H2,(H,31,32,35)/t20-/m1/s1. The van der Waals surface area contributed by atoms with Crippen LogP contribution in [0.15, 0.2) is 52.0 Å². The molecule has 7 nitrogen and oxygen atoms in total. The maximum Gasteiger partial charge on any atom is 0.416 e. The van der Waals surface area contributed by atoms with Crippen LogP contribution in [0, 0.1) is 0 Å². The zero-order valence-electron chi connectivity index (χ0n) is 19.0. The number of aromatic amines is 1. The Morgan fingerprint density at radius 2 is 2.00 bits per heavy atom. The number of nitrogens with one attached hydrogen (secondary N) is 1. The van der Waals surface area contributed by atoms with Crippen molar-refractivity contribution in [2.75, 3.05) is 6.54 Å². The number of benzene rings is 1. The van der Waals surface area contributed by atoms with Gasteiger partial charge in [-0.25, -0.2) is 9.97 Å². The van der Waals surface area contributed by atoms with Crippen molar-refractivity contribution in [1.29, 1.82) is 0 Å². The van der Waals surface area contributed by atoms with Crippen LogP contribution in [0.5, 0.6) is 0 Å². The summed E-state index contributed by atoms with van der Waals surface area (Å²) in [6.45, 7) is 0.156. The fourth-order valence-corrected chi connectivity index (χ4v) is 5.09. The van der Waals surface area contributed by atoms with Gasteiger partial charge in [-0.15, -0.1) is 0 Å². The molecular weight excluding hydrogens is 541 g/mol. The molecule has 2 aromatic heterocycles. The van der Waals surface area contributed by atoms with E-state index in [1.165, 1.54) is 11.0 Å². The summed E-state index contributed by atoms with van der Waals surface area (Å²) >= 11 is 3.38. The lowest BCUT2D eigenvalue weighted by molar-refractivity contribution is -0.142. The van der Waals surface area contributed by atoms with Crippen LogP contribution in [0.1, 0.15) is 59.1 Å². The Hall–Kier alpha value is -3.05. The molecule has 3 heterocycles. The molecule has 2 aliphatic rings. The van der Waals surface area contributed by atoms with Crippen molar-refractivity contribution in [2.45, 2.75) is 49.9 Å². The number of aliphatic hydroxyl groups excluding tert-OH is 1. The second kappa shape index (κ2) is 9.11. The van der Waals surface area contributed by atoms with E-state index in [1.807, 2.05) is 12.1 Å². The average Bonchev–Trinajstić information content (AvgIpc) is 3.67. The van der Waals surface area contributed by atoms with E-state index >= 15 is 0 Å². The number of H-pyrrole nitrogens is 1. The summed E-state index contributed by atoms with van der Waals surface area (Å²) in [5.41, 5.74) is 0.0768. The topological polar surface area (TPSA) is 99.2 Å². The number of pyridine rings is 1. The molecule has 5 rings (SSSR count). The predicted molar refractivity (Wildman–Crippen MR) is 127 cm³/mol. The number of rotatable bonds is 4. The van der Waals surface area contributed by atoms with Gasteiger partial charge in [0.1, 0.15) is 10.4 Å². The van der Waals surface area contributed by atoms with Gasteiger partial charge in [-0.1, -0.05) is 12.1 Å². The van der Waals surface area contributed by atoms with E-state index in [9.17, 15) is 27.9 Å². The van der Waals surface area contributed by atoms with Gasteiger partial charge in [-0.2, -0.15) is 13.2 Å². The lowest BCUT2D eigenvalue weighted by Crippen LogP contribution is -2.36. The van der Waals surface area contributed by atoms with Gasteiger partial charge in [0.2, 0.25) is 0 Å². The van der Waals surface area contributed by atoms with E-state index in [-0.39, 0.29) is 29.6 Å². The zero-order valence-corrected chi connectivity index (χ0v) is 20.6. The summed E-state index contributed by atoms with van der Waals surface area (Å²) in [7, 11) is 0. The number of carbonyl (C=O) groups is 1. The summed E-state index contributed by atoms with van der Waals surface area (Å²) in [5, 5.41) is 10.6. The first-order chi connectivity index (χ1) is 17.1. The summed E-state index contributed by atoms with van der Waals surface area (Å²) in [5.74, 6) is -0.181. The minimum Gasteiger partial charge on any atom is -0.378 e. The molecule has 0 saturated heterocycles. The molecule has 1 aromatic carbocycles. The number of fused-ring (bicyclic) bond motifs is 1. The summed E-state index contributed by atoms with van der Waals surface area (Å²) in [6, 6.07) is 7.88. The molecular formula is C25H22BrF3N4O3. The van der Waals surface area contributed by atoms with Gasteiger partial charge < -0.3 is 15.0 Å². The lowest BCUT2D eigenvalue weighted by Gasteiger charge is -2.24. The van der Waals surface area contributed by atoms with Crippen molar-refractivity contribution >= 4 is 21.8 Å². The van der Waals surface area contributed by atoms with Crippen LogP contribution < -0.4 is 5.56 Å². The molecule has 3 aromatic rings. The van der Waals surface area contributed by atoms with E-state index in [1.54, 1.807) is 6.20 Å². The lowest BCUT2D eigenvalue weighted by atomic mass is 9.95. The minimum absolute atomic E-state index is 0.0827. The molecule has 1 amide bonds. The van der Waals surface area contributed by atoms with Gasteiger partial charge >= 0.3 is 6.18 Å². The number of alkyl halides is 3. The molecule has 11 heteroatoms. The van der Waals surface area contributed by atoms with E-state index in [4.69, 9.17) is 4.98 Å². The fourth-order valence-electron chi connectivity index (χ4n) is 4.72. The van der Waals surface area contributed by atoms with E-state index < -0.39 is 23.8 Å². The van der Waals surface area contributed by atoms with Gasteiger partial charge in [0, 0.05) is 12.7 Å².